The number of hydrogen-bond donors (Lipinski definition) is 2. The Bertz CT molecular complexity index is 1130. The minimum Gasteiger partial charge on any atom is -0.378 e. The summed E-state index contributed by atoms with van der Waals surface area (Å²) in [6, 6.07) is 10.8. The van der Waals surface area contributed by atoms with Gasteiger partial charge >= 0.3 is 20.8 Å². The fourth-order valence-corrected chi connectivity index (χ4v) is 7.67. The molecule has 2 unspecified atom stereocenters. The number of halogens is 1. The Morgan fingerprint density at radius 1 is 0.882 bits per heavy atom. The van der Waals surface area contributed by atoms with Gasteiger partial charge in [-0.15, -0.1) is 0 Å². The van der Waals surface area contributed by atoms with Crippen LogP contribution in [0.5, 0.6) is 0 Å². The van der Waals surface area contributed by atoms with Gasteiger partial charge in [-0.05, 0) is 57.2 Å². The Labute approximate surface area is 207 Å². The van der Waals surface area contributed by atoms with Gasteiger partial charge < -0.3 is 4.74 Å². The fraction of sp³-hybridized carbons (Fsp3) is 0.435. The predicted molar refractivity (Wildman–Crippen MR) is 132 cm³/mol. The second-order valence-corrected chi connectivity index (χ2v) is 12.8. The van der Waals surface area contributed by atoms with E-state index in [2.05, 4.69) is 0 Å². The molecule has 2 fully saturated rings. The third kappa shape index (κ3) is 5.50. The quantitative estimate of drug-likeness (QED) is 0.414. The number of benzene rings is 2. The van der Waals surface area contributed by atoms with Crippen molar-refractivity contribution < 1.29 is 27.1 Å². The lowest BCUT2D eigenvalue weighted by atomic mass is 10.0. The van der Waals surface area contributed by atoms with Crippen LogP contribution in [-0.4, -0.2) is 62.9 Å². The number of rotatable bonds is 7. The molecule has 0 saturated carbocycles. The van der Waals surface area contributed by atoms with E-state index in [0.717, 1.165) is 19.3 Å². The van der Waals surface area contributed by atoms with Gasteiger partial charge in [0.2, 0.25) is 9.79 Å². The standard InChI is InChI=1S/C23H27ClN2O6S2/c24-21-9-4-18(17-23(21)34(30,31)26-12-14-32-15-13-26)16-22(27)19-5-7-20(8-6-19)33(28,29)25-10-2-1-3-11-25/h4-9,17H,1-3,10-16H2/p+2. The molecule has 0 aliphatic carbocycles. The summed E-state index contributed by atoms with van der Waals surface area (Å²) in [6.07, 6.45) is 2.85. The first-order valence-corrected chi connectivity index (χ1v) is 14.5. The van der Waals surface area contributed by atoms with Gasteiger partial charge in [0.25, 0.3) is 0 Å². The molecule has 0 bridgehead atoms. The Balaban J connectivity index is 1.49. The largest absolute Gasteiger partial charge is 0.378 e. The van der Waals surface area contributed by atoms with Crippen LogP contribution in [0.25, 0.3) is 0 Å². The topological polar surface area (TPSA) is 107 Å². The third-order valence-corrected chi connectivity index (χ3v) is 10.5. The minimum absolute atomic E-state index is 0.00275. The monoisotopic (exact) mass is 528 g/mol. The number of ketones is 1. The molecule has 2 N–H and O–H groups in total. The first-order chi connectivity index (χ1) is 16.2. The van der Waals surface area contributed by atoms with Crippen LogP contribution >= 0.6 is 11.6 Å². The van der Waals surface area contributed by atoms with Crippen molar-refractivity contribution in [1.29, 1.82) is 0 Å². The molecule has 0 radical (unpaired) electrons. The highest BCUT2D eigenvalue weighted by atomic mass is 35.5. The van der Waals surface area contributed by atoms with E-state index >= 15 is 0 Å². The highest BCUT2D eigenvalue weighted by molar-refractivity contribution is 7.95. The van der Waals surface area contributed by atoms with E-state index in [1.165, 1.54) is 28.6 Å². The molecule has 2 heterocycles. The predicted octanol–water partition coefficient (Wildman–Crippen LogP) is 4.08. The number of Topliss-reactive ketones (excluding diaryl/α,β-unsaturated/α-hetero) is 1. The van der Waals surface area contributed by atoms with E-state index in [4.69, 9.17) is 16.3 Å². The van der Waals surface area contributed by atoms with Crippen LogP contribution in [0, 0.1) is 0 Å². The second kappa shape index (κ2) is 10.6. The minimum atomic E-state index is -3.55. The Morgan fingerprint density at radius 3 is 2.15 bits per heavy atom. The number of morpholine rings is 1. The lowest BCUT2D eigenvalue weighted by Gasteiger charge is -2.24. The van der Waals surface area contributed by atoms with E-state index in [1.54, 1.807) is 22.5 Å². The van der Waals surface area contributed by atoms with Crippen molar-refractivity contribution in [2.75, 3.05) is 39.4 Å². The molecule has 184 valence electrons. The van der Waals surface area contributed by atoms with E-state index < -0.39 is 20.8 Å². The number of carbonyl (C=O) groups excluding carboxylic acids is 1. The zero-order chi connectivity index (χ0) is 24.3. The molecule has 8 nitrogen and oxygen atoms in total. The highest BCUT2D eigenvalue weighted by Crippen LogP contribution is 2.31. The smallest absolute Gasteiger partial charge is 0.327 e. The number of hydrogen-bond acceptors (Lipinski definition) is 4. The van der Waals surface area contributed by atoms with Gasteiger partial charge in [0.15, 0.2) is 5.78 Å². The van der Waals surface area contributed by atoms with Crippen LogP contribution in [0.1, 0.15) is 35.2 Å². The van der Waals surface area contributed by atoms with Crippen molar-refractivity contribution >= 4 is 38.2 Å². The molecule has 2 aliphatic heterocycles. The van der Waals surface area contributed by atoms with Gasteiger partial charge in [0.05, 0.1) is 26.3 Å². The maximum atomic E-state index is 13.1. The number of ether oxygens (including phenoxy) is 1. The van der Waals surface area contributed by atoms with Crippen molar-refractivity contribution in [2.24, 2.45) is 0 Å². The molecule has 2 aromatic carbocycles. The Kier molecular flexibility index (Phi) is 8.00. The van der Waals surface area contributed by atoms with Gasteiger partial charge in [-0.1, -0.05) is 32.7 Å². The number of carbonyl (C=O) groups is 1. The number of nitrogens with zero attached hydrogens (tertiary/aromatic N) is 2. The number of piperidine rings is 1. The van der Waals surface area contributed by atoms with Gasteiger partial charge in [0.1, 0.15) is 5.02 Å². The van der Waals surface area contributed by atoms with Gasteiger partial charge in [-0.2, -0.15) is 9.11 Å². The average Bonchev–Trinajstić information content (AvgIpc) is 2.86. The van der Waals surface area contributed by atoms with Gasteiger partial charge in [-0.25, -0.2) is 0 Å². The van der Waals surface area contributed by atoms with Crippen molar-refractivity contribution in [3.63, 3.8) is 0 Å². The molecule has 11 heteroatoms. The summed E-state index contributed by atoms with van der Waals surface area (Å²) in [6.45, 7) is 2.50. The van der Waals surface area contributed by atoms with Crippen molar-refractivity contribution in [3.8, 4) is 0 Å². The maximum absolute atomic E-state index is 13.1. The lowest BCUT2D eigenvalue weighted by molar-refractivity contribution is 0.0700. The molecule has 2 saturated heterocycles. The second-order valence-electron chi connectivity index (χ2n) is 8.41. The summed E-state index contributed by atoms with van der Waals surface area (Å²) in [7, 11) is -6.87. The third-order valence-electron chi connectivity index (χ3n) is 6.12. The van der Waals surface area contributed by atoms with Crippen molar-refractivity contribution in [2.45, 2.75) is 35.5 Å². The normalized spacial score (nSPS) is 21.5. The zero-order valence-electron chi connectivity index (χ0n) is 18.7. The van der Waals surface area contributed by atoms with Crippen molar-refractivity contribution in [3.05, 3.63) is 58.6 Å². The molecule has 2 aliphatic rings. The molecule has 4 rings (SSSR count). The van der Waals surface area contributed by atoms with Crippen molar-refractivity contribution in [1.82, 2.24) is 8.61 Å². The summed E-state index contributed by atoms with van der Waals surface area (Å²) in [5.41, 5.74) is 0.954. The summed E-state index contributed by atoms with van der Waals surface area (Å²) in [5, 5.41) is 0.162. The Morgan fingerprint density at radius 2 is 1.50 bits per heavy atom. The van der Waals surface area contributed by atoms with Crippen LogP contribution in [-0.2, 0) is 40.4 Å². The zero-order valence-corrected chi connectivity index (χ0v) is 21.1. The fourth-order valence-electron chi connectivity index (χ4n) is 4.16. The summed E-state index contributed by atoms with van der Waals surface area (Å²) < 4.78 is 55.7. The molecule has 0 amide bonds. The average molecular weight is 529 g/mol. The summed E-state index contributed by atoms with van der Waals surface area (Å²) >= 11 is 6.24. The molecule has 0 aromatic heterocycles. The summed E-state index contributed by atoms with van der Waals surface area (Å²) in [4.78, 5) is 13.3. The highest BCUT2D eigenvalue weighted by Gasteiger charge is 2.42. The Hall–Kier alpha value is -1.50. The van der Waals surface area contributed by atoms with E-state index in [9.17, 15) is 22.3 Å². The molecular weight excluding hydrogens is 500 g/mol. The van der Waals surface area contributed by atoms with Crippen LogP contribution in [0.2, 0.25) is 5.02 Å². The lowest BCUT2D eigenvalue weighted by Crippen LogP contribution is -2.44. The van der Waals surface area contributed by atoms with E-state index in [1.807, 2.05) is 0 Å². The maximum Gasteiger partial charge on any atom is 0.327 e. The van der Waals surface area contributed by atoms with Crippen LogP contribution in [0.4, 0.5) is 0 Å². The molecule has 2 atom stereocenters. The molecular formula is C23H29ClN2O6S2+2. The van der Waals surface area contributed by atoms with Crippen LogP contribution < -0.4 is 0 Å². The molecule has 34 heavy (non-hydrogen) atoms. The van der Waals surface area contributed by atoms with Gasteiger partial charge in [0, 0.05) is 31.1 Å². The first-order valence-electron chi connectivity index (χ1n) is 11.2. The van der Waals surface area contributed by atoms with Gasteiger partial charge in [-0.3, -0.25) is 4.79 Å². The van der Waals surface area contributed by atoms with Crippen LogP contribution in [0.3, 0.4) is 0 Å². The SMILES string of the molecule is O=C(Cc1ccc(Cl)c([S+](=O)(O)N2CCOCC2)c1)c1ccc([S+](=O)(O)N2CCCCC2)cc1. The van der Waals surface area contributed by atoms with E-state index in [0.29, 0.717) is 50.5 Å². The molecule has 2 aromatic rings. The first kappa shape index (κ1) is 25.6. The molecule has 0 spiro atoms. The van der Waals surface area contributed by atoms with Crippen LogP contribution in [0.15, 0.2) is 52.3 Å². The van der Waals surface area contributed by atoms with E-state index in [-0.39, 0.29) is 27.0 Å². The summed E-state index contributed by atoms with van der Waals surface area (Å²) in [5.74, 6) is -0.210.